The van der Waals surface area contributed by atoms with E-state index in [0.717, 1.165) is 0 Å². The monoisotopic (exact) mass is 271 g/mol. The van der Waals surface area contributed by atoms with E-state index in [-0.39, 0.29) is 5.92 Å². The summed E-state index contributed by atoms with van der Waals surface area (Å²) in [6, 6.07) is -2.35. The van der Waals surface area contributed by atoms with Crippen molar-refractivity contribution >= 4 is 23.9 Å². The Kier molecular flexibility index (Phi) is 7.06. The summed E-state index contributed by atoms with van der Waals surface area (Å²) in [5.74, 6) is -3.21. The Hall–Kier alpha value is -2.21. The Morgan fingerprint density at radius 1 is 1.42 bits per heavy atom. The standard InChI is InChI=1S/C11H17N3O5/c1-3-6(2)9(13-5-15)11(19)14-7(10(12)18)4-8(16)17/h6-7,9H,3-4H2,1-2H3,(H2,12,18)(H,14,19)(H,16,17)/t6-,7-,9-/m0/s1. The van der Waals surface area contributed by atoms with Gasteiger partial charge in [-0.2, -0.15) is 4.99 Å². The summed E-state index contributed by atoms with van der Waals surface area (Å²) in [6.07, 6.45) is 1.24. The lowest BCUT2D eigenvalue weighted by molar-refractivity contribution is -0.140. The van der Waals surface area contributed by atoms with E-state index in [4.69, 9.17) is 10.8 Å². The second kappa shape index (κ2) is 7.99. The molecule has 0 aliphatic carbocycles. The lowest BCUT2D eigenvalue weighted by Crippen LogP contribution is -2.49. The van der Waals surface area contributed by atoms with Crippen molar-refractivity contribution in [2.24, 2.45) is 16.6 Å². The van der Waals surface area contributed by atoms with Crippen LogP contribution in [0.1, 0.15) is 26.7 Å². The maximum Gasteiger partial charge on any atom is 0.305 e. The molecule has 0 heterocycles. The minimum Gasteiger partial charge on any atom is -0.481 e. The van der Waals surface area contributed by atoms with Gasteiger partial charge in [-0.15, -0.1) is 0 Å². The first-order valence-electron chi connectivity index (χ1n) is 5.71. The van der Waals surface area contributed by atoms with Crippen LogP contribution >= 0.6 is 0 Å². The second-order valence-corrected chi connectivity index (χ2v) is 4.11. The van der Waals surface area contributed by atoms with Crippen molar-refractivity contribution in [2.45, 2.75) is 38.8 Å². The normalized spacial score (nSPS) is 14.6. The van der Waals surface area contributed by atoms with Crippen LogP contribution in [0.25, 0.3) is 0 Å². The molecule has 106 valence electrons. The Morgan fingerprint density at radius 2 is 2.00 bits per heavy atom. The van der Waals surface area contributed by atoms with Gasteiger partial charge in [0.1, 0.15) is 12.1 Å². The quantitative estimate of drug-likeness (QED) is 0.391. The van der Waals surface area contributed by atoms with Gasteiger partial charge in [0.15, 0.2) is 0 Å². The SMILES string of the molecule is CC[C@H](C)[C@H](N=C=O)C(=O)N[C@@H](CC(=O)O)C(N)=O. The number of hydrogen-bond acceptors (Lipinski definition) is 5. The molecular weight excluding hydrogens is 254 g/mol. The topological polar surface area (TPSA) is 139 Å². The van der Waals surface area contributed by atoms with Gasteiger partial charge in [-0.3, -0.25) is 14.4 Å². The molecule has 0 aromatic rings. The molecule has 0 saturated carbocycles. The number of rotatable bonds is 8. The lowest BCUT2D eigenvalue weighted by Gasteiger charge is -2.20. The summed E-state index contributed by atoms with van der Waals surface area (Å²) in [5.41, 5.74) is 4.99. The maximum atomic E-state index is 11.8. The molecule has 8 nitrogen and oxygen atoms in total. The first-order valence-corrected chi connectivity index (χ1v) is 5.71. The number of carboxylic acid groups (broad SMARTS) is 1. The largest absolute Gasteiger partial charge is 0.481 e. The van der Waals surface area contributed by atoms with Crippen molar-refractivity contribution in [1.82, 2.24) is 5.32 Å². The maximum absolute atomic E-state index is 11.8. The van der Waals surface area contributed by atoms with Gasteiger partial charge < -0.3 is 16.2 Å². The lowest BCUT2D eigenvalue weighted by atomic mass is 9.98. The molecule has 0 aliphatic heterocycles. The molecule has 0 aromatic heterocycles. The molecule has 8 heteroatoms. The molecule has 0 aromatic carbocycles. The van der Waals surface area contributed by atoms with Crippen molar-refractivity contribution < 1.29 is 24.3 Å². The summed E-state index contributed by atoms with van der Waals surface area (Å²) in [5, 5.41) is 10.8. The van der Waals surface area contributed by atoms with Crippen molar-refractivity contribution in [1.29, 1.82) is 0 Å². The van der Waals surface area contributed by atoms with Crippen LogP contribution < -0.4 is 11.1 Å². The van der Waals surface area contributed by atoms with Crippen LogP contribution in [0.4, 0.5) is 0 Å². The predicted octanol–water partition coefficient (Wildman–Crippen LogP) is -0.818. The van der Waals surface area contributed by atoms with Gasteiger partial charge in [0, 0.05) is 0 Å². The average molecular weight is 271 g/mol. The van der Waals surface area contributed by atoms with E-state index >= 15 is 0 Å². The number of amides is 2. The number of carbonyl (C=O) groups excluding carboxylic acids is 3. The molecule has 0 rings (SSSR count). The fourth-order valence-electron chi connectivity index (χ4n) is 1.38. The van der Waals surface area contributed by atoms with E-state index in [0.29, 0.717) is 6.42 Å². The Morgan fingerprint density at radius 3 is 2.37 bits per heavy atom. The fraction of sp³-hybridized carbons (Fsp3) is 0.636. The van der Waals surface area contributed by atoms with Gasteiger partial charge in [0.25, 0.3) is 0 Å². The highest BCUT2D eigenvalue weighted by Gasteiger charge is 2.28. The number of isocyanates is 1. The predicted molar refractivity (Wildman–Crippen MR) is 64.7 cm³/mol. The zero-order valence-electron chi connectivity index (χ0n) is 10.8. The highest BCUT2D eigenvalue weighted by Crippen LogP contribution is 2.11. The number of primary amides is 1. The van der Waals surface area contributed by atoms with Gasteiger partial charge in [0.2, 0.25) is 17.9 Å². The minimum absolute atomic E-state index is 0.250. The molecule has 0 radical (unpaired) electrons. The first kappa shape index (κ1) is 16.8. The molecule has 3 atom stereocenters. The van der Waals surface area contributed by atoms with Gasteiger partial charge >= 0.3 is 5.97 Å². The van der Waals surface area contributed by atoms with Crippen LogP contribution in [0.3, 0.4) is 0 Å². The van der Waals surface area contributed by atoms with E-state index in [1.54, 1.807) is 13.8 Å². The summed E-state index contributed by atoms with van der Waals surface area (Å²) < 4.78 is 0. The van der Waals surface area contributed by atoms with Crippen molar-refractivity contribution in [3.63, 3.8) is 0 Å². The third-order valence-electron chi connectivity index (χ3n) is 2.68. The van der Waals surface area contributed by atoms with E-state index in [2.05, 4.69) is 10.3 Å². The van der Waals surface area contributed by atoms with E-state index in [1.165, 1.54) is 6.08 Å². The van der Waals surface area contributed by atoms with Crippen LogP contribution in [0, 0.1) is 5.92 Å². The first-order chi connectivity index (χ1) is 8.83. The Labute approximate surface area is 110 Å². The summed E-state index contributed by atoms with van der Waals surface area (Å²) in [6.45, 7) is 3.50. The molecule has 0 fully saturated rings. The molecule has 19 heavy (non-hydrogen) atoms. The van der Waals surface area contributed by atoms with Gasteiger partial charge in [-0.1, -0.05) is 20.3 Å². The molecule has 0 unspecified atom stereocenters. The van der Waals surface area contributed by atoms with Crippen LogP contribution in [0.2, 0.25) is 0 Å². The van der Waals surface area contributed by atoms with E-state index in [1.807, 2.05) is 0 Å². The fourth-order valence-corrected chi connectivity index (χ4v) is 1.38. The highest BCUT2D eigenvalue weighted by atomic mass is 16.4. The third kappa shape index (κ3) is 5.78. The Bertz CT molecular complexity index is 403. The minimum atomic E-state index is -1.33. The Balaban J connectivity index is 4.90. The number of hydrogen-bond donors (Lipinski definition) is 3. The molecule has 0 spiro atoms. The number of nitrogens with zero attached hydrogens (tertiary/aromatic N) is 1. The number of nitrogens with one attached hydrogen (secondary N) is 1. The smallest absolute Gasteiger partial charge is 0.305 e. The molecular formula is C11H17N3O5. The van der Waals surface area contributed by atoms with Crippen LogP contribution in [0.5, 0.6) is 0 Å². The van der Waals surface area contributed by atoms with Crippen molar-refractivity contribution in [3.8, 4) is 0 Å². The van der Waals surface area contributed by atoms with E-state index < -0.39 is 36.3 Å². The number of carbonyl (C=O) groups is 3. The van der Waals surface area contributed by atoms with Crippen LogP contribution in [-0.4, -0.2) is 41.1 Å². The molecule has 4 N–H and O–H groups in total. The third-order valence-corrected chi connectivity index (χ3v) is 2.68. The van der Waals surface area contributed by atoms with Crippen LogP contribution in [-0.2, 0) is 19.2 Å². The summed E-state index contributed by atoms with van der Waals surface area (Å²) in [4.78, 5) is 47.1. The molecule has 0 aliphatic rings. The van der Waals surface area contributed by atoms with Gasteiger partial charge in [0.05, 0.1) is 6.42 Å². The molecule has 0 bridgehead atoms. The summed E-state index contributed by atoms with van der Waals surface area (Å²) in [7, 11) is 0. The van der Waals surface area contributed by atoms with Crippen LogP contribution in [0.15, 0.2) is 4.99 Å². The number of aliphatic carboxylic acids is 1. The zero-order valence-corrected chi connectivity index (χ0v) is 10.8. The number of carboxylic acids is 1. The molecule has 0 saturated heterocycles. The van der Waals surface area contributed by atoms with Crippen molar-refractivity contribution in [2.75, 3.05) is 0 Å². The number of nitrogens with two attached hydrogens (primary N) is 1. The van der Waals surface area contributed by atoms with Gasteiger partial charge in [-0.25, -0.2) is 4.79 Å². The average Bonchev–Trinajstić information content (AvgIpc) is 2.33. The van der Waals surface area contributed by atoms with Crippen molar-refractivity contribution in [3.05, 3.63) is 0 Å². The second-order valence-electron chi connectivity index (χ2n) is 4.11. The zero-order chi connectivity index (χ0) is 15.0. The highest BCUT2D eigenvalue weighted by molar-refractivity contribution is 5.91. The molecule has 2 amide bonds. The van der Waals surface area contributed by atoms with Gasteiger partial charge in [-0.05, 0) is 5.92 Å². The number of aliphatic imine (C=N–C) groups is 1. The summed E-state index contributed by atoms with van der Waals surface area (Å²) >= 11 is 0. The van der Waals surface area contributed by atoms with E-state index in [9.17, 15) is 19.2 Å².